The van der Waals surface area contributed by atoms with Crippen molar-refractivity contribution in [2.24, 2.45) is 0 Å². The van der Waals surface area contributed by atoms with Crippen molar-refractivity contribution in [2.45, 2.75) is 25.9 Å². The Balaban J connectivity index is 2.03. The molecule has 1 N–H and O–H groups in total. The summed E-state index contributed by atoms with van der Waals surface area (Å²) in [5.41, 5.74) is 2.31. The second kappa shape index (κ2) is 5.11. The van der Waals surface area contributed by atoms with Gasteiger partial charge in [0, 0.05) is 18.3 Å². The summed E-state index contributed by atoms with van der Waals surface area (Å²) in [5, 5.41) is 3.53. The Morgan fingerprint density at radius 2 is 1.71 bits per heavy atom. The summed E-state index contributed by atoms with van der Waals surface area (Å²) >= 11 is 0. The number of pyridine rings is 1. The van der Waals surface area contributed by atoms with E-state index in [4.69, 9.17) is 0 Å². The Kier molecular flexibility index (Phi) is 3.55. The lowest BCUT2D eigenvalue weighted by molar-refractivity contribution is 0.398. The molecule has 1 aromatic carbocycles. The minimum atomic E-state index is -0.0429. The minimum Gasteiger partial charge on any atom is -0.302 e. The molecular weight excluding hydrogens is 208 g/mol. The Labute approximate surface area is 103 Å². The van der Waals surface area contributed by atoms with E-state index in [1.54, 1.807) is 0 Å². The molecule has 2 aromatic rings. The maximum Gasteiger partial charge on any atom is 0.0541 e. The number of nitrogens with one attached hydrogen (secondary N) is 1. The molecule has 1 aromatic heterocycles. The van der Waals surface area contributed by atoms with E-state index in [-0.39, 0.29) is 5.54 Å². The van der Waals surface area contributed by atoms with E-state index in [0.717, 1.165) is 12.2 Å². The van der Waals surface area contributed by atoms with Crippen LogP contribution in [0.15, 0.2) is 54.7 Å². The van der Waals surface area contributed by atoms with Crippen LogP contribution in [0, 0.1) is 0 Å². The first-order valence-electron chi connectivity index (χ1n) is 5.89. The molecule has 0 radical (unpaired) electrons. The summed E-state index contributed by atoms with van der Waals surface area (Å²) in [7, 11) is 0. The van der Waals surface area contributed by atoms with Crippen LogP contribution in [-0.4, -0.2) is 4.98 Å². The molecular formula is C15H18N2. The van der Waals surface area contributed by atoms with Gasteiger partial charge in [-0.1, -0.05) is 36.4 Å². The molecule has 0 aliphatic rings. The molecule has 0 saturated carbocycles. The molecule has 2 nitrogen and oxygen atoms in total. The average Bonchev–Trinajstić information content (AvgIpc) is 2.39. The molecule has 0 saturated heterocycles. The highest BCUT2D eigenvalue weighted by Crippen LogP contribution is 2.19. The highest BCUT2D eigenvalue weighted by atomic mass is 15.0. The zero-order chi connectivity index (χ0) is 12.1. The zero-order valence-corrected chi connectivity index (χ0v) is 10.4. The molecule has 88 valence electrons. The first-order valence-corrected chi connectivity index (χ1v) is 5.89. The van der Waals surface area contributed by atoms with Crippen LogP contribution in [0.5, 0.6) is 0 Å². The van der Waals surface area contributed by atoms with E-state index >= 15 is 0 Å². The van der Waals surface area contributed by atoms with E-state index in [1.807, 2.05) is 30.5 Å². The summed E-state index contributed by atoms with van der Waals surface area (Å²) < 4.78 is 0. The van der Waals surface area contributed by atoms with E-state index in [1.165, 1.54) is 5.56 Å². The molecule has 1 heterocycles. The zero-order valence-electron chi connectivity index (χ0n) is 10.4. The van der Waals surface area contributed by atoms with Crippen molar-refractivity contribution in [3.8, 4) is 0 Å². The highest BCUT2D eigenvalue weighted by molar-refractivity contribution is 5.22. The normalized spacial score (nSPS) is 11.4. The van der Waals surface area contributed by atoms with E-state index < -0.39 is 0 Å². The molecule has 0 aliphatic carbocycles. The van der Waals surface area contributed by atoms with Crippen molar-refractivity contribution in [1.29, 1.82) is 0 Å². The molecule has 0 unspecified atom stereocenters. The predicted octanol–water partition coefficient (Wildman–Crippen LogP) is 3.11. The van der Waals surface area contributed by atoms with Gasteiger partial charge in [0.15, 0.2) is 0 Å². The van der Waals surface area contributed by atoms with E-state index in [0.29, 0.717) is 0 Å². The van der Waals surface area contributed by atoms with Crippen LogP contribution in [0.25, 0.3) is 0 Å². The molecule has 2 rings (SSSR count). The number of benzene rings is 1. The lowest BCUT2D eigenvalue weighted by Crippen LogP contribution is -2.36. The van der Waals surface area contributed by atoms with Crippen LogP contribution in [0.1, 0.15) is 25.1 Å². The third kappa shape index (κ3) is 3.14. The summed E-state index contributed by atoms with van der Waals surface area (Å²) in [6.07, 6.45) is 1.83. The first kappa shape index (κ1) is 11.8. The number of hydrogen-bond donors (Lipinski definition) is 1. The number of hydrogen-bond acceptors (Lipinski definition) is 2. The Morgan fingerprint density at radius 3 is 2.35 bits per heavy atom. The second-order valence-electron chi connectivity index (χ2n) is 4.67. The van der Waals surface area contributed by atoms with Gasteiger partial charge in [-0.15, -0.1) is 0 Å². The molecule has 2 heteroatoms. The quantitative estimate of drug-likeness (QED) is 0.866. The Morgan fingerprint density at radius 1 is 1.00 bits per heavy atom. The molecule has 0 fully saturated rings. The van der Waals surface area contributed by atoms with Gasteiger partial charge in [0.1, 0.15) is 0 Å². The minimum absolute atomic E-state index is 0.0429. The summed E-state index contributed by atoms with van der Waals surface area (Å²) in [6.45, 7) is 5.15. The monoisotopic (exact) mass is 226 g/mol. The molecule has 0 aliphatic heterocycles. The molecule has 0 spiro atoms. The first-order chi connectivity index (χ1) is 8.18. The van der Waals surface area contributed by atoms with Crippen molar-refractivity contribution in [2.75, 3.05) is 0 Å². The van der Waals surface area contributed by atoms with Gasteiger partial charge in [-0.25, -0.2) is 0 Å². The van der Waals surface area contributed by atoms with E-state index in [2.05, 4.69) is 48.4 Å². The average molecular weight is 226 g/mol. The highest BCUT2D eigenvalue weighted by Gasteiger charge is 2.18. The van der Waals surface area contributed by atoms with Crippen molar-refractivity contribution in [1.82, 2.24) is 10.3 Å². The largest absolute Gasteiger partial charge is 0.302 e. The maximum atomic E-state index is 4.31. The van der Waals surface area contributed by atoms with Crippen LogP contribution in [0.4, 0.5) is 0 Å². The fourth-order valence-corrected chi connectivity index (χ4v) is 1.77. The van der Waals surface area contributed by atoms with Gasteiger partial charge in [-0.3, -0.25) is 4.98 Å². The van der Waals surface area contributed by atoms with Gasteiger partial charge >= 0.3 is 0 Å². The Bertz CT molecular complexity index is 449. The lowest BCUT2D eigenvalue weighted by atomic mass is 9.94. The summed E-state index contributed by atoms with van der Waals surface area (Å²) in [5.74, 6) is 0. The lowest BCUT2D eigenvalue weighted by Gasteiger charge is -2.26. The van der Waals surface area contributed by atoms with Crippen molar-refractivity contribution in [3.63, 3.8) is 0 Å². The van der Waals surface area contributed by atoms with Gasteiger partial charge in [0.05, 0.1) is 5.69 Å². The third-order valence-corrected chi connectivity index (χ3v) is 2.93. The molecule has 0 atom stereocenters. The van der Waals surface area contributed by atoms with Crippen molar-refractivity contribution < 1.29 is 0 Å². The van der Waals surface area contributed by atoms with Gasteiger partial charge in [-0.05, 0) is 31.5 Å². The summed E-state index contributed by atoms with van der Waals surface area (Å²) in [4.78, 5) is 4.31. The van der Waals surface area contributed by atoms with Gasteiger partial charge in [0.25, 0.3) is 0 Å². The van der Waals surface area contributed by atoms with Crippen LogP contribution >= 0.6 is 0 Å². The number of nitrogens with zero attached hydrogens (tertiary/aromatic N) is 1. The van der Waals surface area contributed by atoms with Crippen LogP contribution in [-0.2, 0) is 12.1 Å². The number of rotatable bonds is 4. The third-order valence-electron chi connectivity index (χ3n) is 2.93. The maximum absolute atomic E-state index is 4.31. The fourth-order valence-electron chi connectivity index (χ4n) is 1.77. The van der Waals surface area contributed by atoms with Crippen LogP contribution in [0.2, 0.25) is 0 Å². The Hall–Kier alpha value is -1.67. The van der Waals surface area contributed by atoms with Gasteiger partial charge < -0.3 is 5.32 Å². The van der Waals surface area contributed by atoms with E-state index in [9.17, 15) is 0 Å². The van der Waals surface area contributed by atoms with Crippen molar-refractivity contribution in [3.05, 3.63) is 66.0 Å². The SMILES string of the molecule is CC(C)(NCc1ccccn1)c1ccccc1. The standard InChI is InChI=1S/C15H18N2/c1-15(2,13-8-4-3-5-9-13)17-12-14-10-6-7-11-16-14/h3-11,17H,12H2,1-2H3. The molecule has 17 heavy (non-hydrogen) atoms. The predicted molar refractivity (Wildman–Crippen MR) is 70.5 cm³/mol. The van der Waals surface area contributed by atoms with Gasteiger partial charge in [0.2, 0.25) is 0 Å². The van der Waals surface area contributed by atoms with Crippen LogP contribution in [0.3, 0.4) is 0 Å². The molecule has 0 amide bonds. The topological polar surface area (TPSA) is 24.9 Å². The van der Waals surface area contributed by atoms with Crippen LogP contribution < -0.4 is 5.32 Å². The van der Waals surface area contributed by atoms with Crippen molar-refractivity contribution >= 4 is 0 Å². The fraction of sp³-hybridized carbons (Fsp3) is 0.267. The second-order valence-corrected chi connectivity index (χ2v) is 4.67. The number of aromatic nitrogens is 1. The molecule has 0 bridgehead atoms. The summed E-state index contributed by atoms with van der Waals surface area (Å²) in [6, 6.07) is 16.5. The van der Waals surface area contributed by atoms with Gasteiger partial charge in [-0.2, -0.15) is 0 Å². The smallest absolute Gasteiger partial charge is 0.0541 e.